The van der Waals surface area contributed by atoms with Gasteiger partial charge in [0.1, 0.15) is 0 Å². The summed E-state index contributed by atoms with van der Waals surface area (Å²) in [7, 11) is 0. The Morgan fingerprint density at radius 1 is 1.33 bits per heavy atom. The summed E-state index contributed by atoms with van der Waals surface area (Å²) in [6.07, 6.45) is 7.64. The molecule has 2 aliphatic carbocycles. The van der Waals surface area contributed by atoms with Gasteiger partial charge in [0.15, 0.2) is 0 Å². The van der Waals surface area contributed by atoms with Crippen molar-refractivity contribution in [2.45, 2.75) is 39.0 Å². The van der Waals surface area contributed by atoms with Crippen molar-refractivity contribution in [3.8, 4) is 0 Å². The first-order valence-electron chi connectivity index (χ1n) is 4.42. The van der Waals surface area contributed by atoms with Crippen LogP contribution in [0.15, 0.2) is 0 Å². The predicted molar refractivity (Wildman–Crippen MR) is 39.2 cm³/mol. The smallest absolute Gasteiger partial charge is 0.0355 e. The Balaban J connectivity index is 1.84. The quantitative estimate of drug-likeness (QED) is 0.531. The topological polar surface area (TPSA) is 0 Å². The molecule has 0 aromatic rings. The van der Waals surface area contributed by atoms with E-state index in [4.69, 9.17) is 0 Å². The summed E-state index contributed by atoms with van der Waals surface area (Å²) in [4.78, 5) is 0. The van der Waals surface area contributed by atoms with E-state index in [2.05, 4.69) is 6.92 Å². The summed E-state index contributed by atoms with van der Waals surface area (Å²) in [6, 6.07) is 0. The highest BCUT2D eigenvalue weighted by atomic mass is 14.5. The minimum Gasteiger partial charge on any atom is -0.0654 e. The fourth-order valence-corrected chi connectivity index (χ4v) is 2.55. The molecule has 52 valence electrons. The molecule has 0 saturated heterocycles. The average molecular weight is 124 g/mol. The highest BCUT2D eigenvalue weighted by Crippen LogP contribution is 2.56. The van der Waals surface area contributed by atoms with Crippen molar-refractivity contribution in [1.82, 2.24) is 0 Å². The van der Waals surface area contributed by atoms with E-state index in [0.29, 0.717) is 0 Å². The molecule has 2 fully saturated rings. The standard InChI is InChI=1S/C9H16/c1-2-3-7-4-5-8-6-9(7)8/h7-9H,2-6H2,1H3. The van der Waals surface area contributed by atoms with Crippen molar-refractivity contribution in [3.63, 3.8) is 0 Å². The monoisotopic (exact) mass is 124 g/mol. The highest BCUT2D eigenvalue weighted by molar-refractivity contribution is 4.96. The third kappa shape index (κ3) is 0.889. The molecule has 0 nitrogen and oxygen atoms in total. The fourth-order valence-electron chi connectivity index (χ4n) is 2.55. The summed E-state index contributed by atoms with van der Waals surface area (Å²) >= 11 is 0. The van der Waals surface area contributed by atoms with Crippen molar-refractivity contribution < 1.29 is 0 Å². The summed E-state index contributed by atoms with van der Waals surface area (Å²) in [5, 5.41) is 0. The van der Waals surface area contributed by atoms with Crippen molar-refractivity contribution in [2.24, 2.45) is 17.8 Å². The van der Waals surface area contributed by atoms with E-state index in [1.165, 1.54) is 24.7 Å². The second-order valence-electron chi connectivity index (χ2n) is 3.79. The molecule has 0 bridgehead atoms. The van der Waals surface area contributed by atoms with E-state index in [1.807, 2.05) is 0 Å². The molecule has 3 unspecified atom stereocenters. The Morgan fingerprint density at radius 2 is 2.22 bits per heavy atom. The highest BCUT2D eigenvalue weighted by Gasteiger charge is 2.46. The number of hydrogen-bond donors (Lipinski definition) is 0. The van der Waals surface area contributed by atoms with Gasteiger partial charge in [-0.15, -0.1) is 0 Å². The van der Waals surface area contributed by atoms with Crippen LogP contribution in [0.3, 0.4) is 0 Å². The lowest BCUT2D eigenvalue weighted by Crippen LogP contribution is -1.96. The first kappa shape index (κ1) is 5.76. The predicted octanol–water partition coefficient (Wildman–Crippen LogP) is 2.83. The van der Waals surface area contributed by atoms with E-state index in [0.717, 1.165) is 5.92 Å². The zero-order valence-corrected chi connectivity index (χ0v) is 6.27. The van der Waals surface area contributed by atoms with Crippen molar-refractivity contribution in [2.75, 3.05) is 0 Å². The molecule has 0 spiro atoms. The minimum absolute atomic E-state index is 1.15. The van der Waals surface area contributed by atoms with Gasteiger partial charge in [-0.3, -0.25) is 0 Å². The van der Waals surface area contributed by atoms with Crippen LogP contribution in [0.4, 0.5) is 0 Å². The first-order chi connectivity index (χ1) is 4.42. The molecule has 0 N–H and O–H groups in total. The molecular weight excluding hydrogens is 108 g/mol. The summed E-state index contributed by atoms with van der Waals surface area (Å²) < 4.78 is 0. The van der Waals surface area contributed by atoms with E-state index < -0.39 is 0 Å². The van der Waals surface area contributed by atoms with Crippen LogP contribution in [-0.4, -0.2) is 0 Å². The summed E-state index contributed by atoms with van der Waals surface area (Å²) in [6.45, 7) is 2.32. The lowest BCUT2D eigenvalue weighted by molar-refractivity contribution is 0.439. The maximum absolute atomic E-state index is 2.32. The maximum atomic E-state index is 2.32. The van der Waals surface area contributed by atoms with Crippen molar-refractivity contribution in [1.29, 1.82) is 0 Å². The average Bonchev–Trinajstić information content (AvgIpc) is 2.54. The van der Waals surface area contributed by atoms with Crippen LogP contribution in [0.2, 0.25) is 0 Å². The van der Waals surface area contributed by atoms with Gasteiger partial charge in [-0.25, -0.2) is 0 Å². The number of hydrogen-bond acceptors (Lipinski definition) is 0. The zero-order valence-electron chi connectivity index (χ0n) is 6.27. The number of fused-ring (bicyclic) bond motifs is 1. The third-order valence-electron chi connectivity index (χ3n) is 3.15. The largest absolute Gasteiger partial charge is 0.0654 e. The van der Waals surface area contributed by atoms with Gasteiger partial charge in [0.25, 0.3) is 0 Å². The molecule has 0 heteroatoms. The van der Waals surface area contributed by atoms with Crippen LogP contribution in [0, 0.1) is 17.8 Å². The van der Waals surface area contributed by atoms with Crippen LogP contribution in [0.5, 0.6) is 0 Å². The van der Waals surface area contributed by atoms with Crippen LogP contribution in [-0.2, 0) is 0 Å². The van der Waals surface area contributed by atoms with Gasteiger partial charge in [0.2, 0.25) is 0 Å². The van der Waals surface area contributed by atoms with E-state index in [1.54, 1.807) is 19.3 Å². The molecule has 0 radical (unpaired) electrons. The second-order valence-corrected chi connectivity index (χ2v) is 3.79. The van der Waals surface area contributed by atoms with Gasteiger partial charge in [-0.05, 0) is 37.0 Å². The molecule has 0 aromatic carbocycles. The SMILES string of the molecule is CCCC1CCC2CC12. The molecule has 9 heavy (non-hydrogen) atoms. The molecule has 0 aliphatic heterocycles. The Morgan fingerprint density at radius 3 is 2.67 bits per heavy atom. The van der Waals surface area contributed by atoms with Gasteiger partial charge in [-0.1, -0.05) is 19.8 Å². The van der Waals surface area contributed by atoms with Crippen LogP contribution in [0.1, 0.15) is 39.0 Å². The molecule has 3 atom stereocenters. The Labute approximate surface area is 57.6 Å². The van der Waals surface area contributed by atoms with Gasteiger partial charge in [0, 0.05) is 0 Å². The van der Waals surface area contributed by atoms with E-state index in [-0.39, 0.29) is 0 Å². The maximum Gasteiger partial charge on any atom is -0.0355 e. The van der Waals surface area contributed by atoms with Crippen molar-refractivity contribution >= 4 is 0 Å². The molecule has 0 amide bonds. The van der Waals surface area contributed by atoms with Gasteiger partial charge >= 0.3 is 0 Å². The van der Waals surface area contributed by atoms with Gasteiger partial charge in [0.05, 0.1) is 0 Å². The summed E-state index contributed by atoms with van der Waals surface area (Å²) in [5.41, 5.74) is 0. The molecular formula is C9H16. The van der Waals surface area contributed by atoms with E-state index in [9.17, 15) is 0 Å². The number of rotatable bonds is 2. The molecule has 0 aromatic heterocycles. The molecule has 2 rings (SSSR count). The Bertz CT molecular complexity index is 107. The third-order valence-corrected chi connectivity index (χ3v) is 3.15. The summed E-state index contributed by atoms with van der Waals surface area (Å²) in [5.74, 6) is 3.55. The van der Waals surface area contributed by atoms with Crippen LogP contribution >= 0.6 is 0 Å². The zero-order chi connectivity index (χ0) is 6.27. The Hall–Kier alpha value is 0. The van der Waals surface area contributed by atoms with Crippen molar-refractivity contribution in [3.05, 3.63) is 0 Å². The Kier molecular flexibility index (Phi) is 1.28. The first-order valence-corrected chi connectivity index (χ1v) is 4.42. The second kappa shape index (κ2) is 2.00. The lowest BCUT2D eigenvalue weighted by Gasteiger charge is -2.07. The molecule has 2 aliphatic rings. The van der Waals surface area contributed by atoms with E-state index >= 15 is 0 Å². The van der Waals surface area contributed by atoms with Crippen LogP contribution in [0.25, 0.3) is 0 Å². The minimum atomic E-state index is 1.15. The fraction of sp³-hybridized carbons (Fsp3) is 1.00. The molecule has 2 saturated carbocycles. The lowest BCUT2D eigenvalue weighted by atomic mass is 9.98. The van der Waals surface area contributed by atoms with Gasteiger partial charge < -0.3 is 0 Å². The van der Waals surface area contributed by atoms with Gasteiger partial charge in [-0.2, -0.15) is 0 Å². The normalized spacial score (nSPS) is 47.0. The molecule has 0 heterocycles. The van der Waals surface area contributed by atoms with Crippen LogP contribution < -0.4 is 0 Å².